The molecule has 0 aromatic carbocycles. The van der Waals surface area contributed by atoms with Crippen molar-refractivity contribution >= 4 is 17.6 Å². The van der Waals surface area contributed by atoms with E-state index < -0.39 is 6.03 Å². The van der Waals surface area contributed by atoms with Crippen LogP contribution in [0.1, 0.15) is 0 Å². The number of amides is 2. The van der Waals surface area contributed by atoms with Gasteiger partial charge in [0, 0.05) is 0 Å². The number of carbonyl (C=O) groups excluding carboxylic acids is 1. The Labute approximate surface area is 58.9 Å². The summed E-state index contributed by atoms with van der Waals surface area (Å²) >= 11 is 5.33. The van der Waals surface area contributed by atoms with Gasteiger partial charge in [0.1, 0.15) is 6.54 Å². The molecule has 4 nitrogen and oxygen atoms in total. The molecule has 0 saturated heterocycles. The lowest BCUT2D eigenvalue weighted by Gasteiger charge is -2.20. The highest BCUT2D eigenvalue weighted by atomic mass is 35.5. The van der Waals surface area contributed by atoms with E-state index >= 15 is 0 Å². The second kappa shape index (κ2) is 3.00. The number of alkyl halides is 1. The molecule has 4 N–H and O–H groups in total. The van der Waals surface area contributed by atoms with Crippen LogP contribution in [0, 0.1) is 0 Å². The third-order valence-corrected chi connectivity index (χ3v) is 1.22. The summed E-state index contributed by atoms with van der Waals surface area (Å²) in [7, 11) is 1.50. The molecule has 0 spiro atoms. The van der Waals surface area contributed by atoms with Gasteiger partial charge in [0.15, 0.2) is 0 Å². The van der Waals surface area contributed by atoms with Crippen LogP contribution in [0.4, 0.5) is 4.79 Å². The van der Waals surface area contributed by atoms with E-state index in [2.05, 4.69) is 0 Å². The smallest absolute Gasteiger partial charge is 0.317 e. The Kier molecular flexibility index (Phi) is 2.90. The Morgan fingerprint density at radius 2 is 2.22 bits per heavy atom. The molecular weight excluding hydrogens is 142 g/mol. The number of hydrogen-bond acceptors (Lipinski definition) is 2. The summed E-state index contributed by atoms with van der Waals surface area (Å²) in [5.41, 5.74) is 4.91. The predicted molar refractivity (Wildman–Crippen MR) is 35.5 cm³/mol. The van der Waals surface area contributed by atoms with Crippen molar-refractivity contribution in [2.45, 2.75) is 0 Å². The Hall–Kier alpha value is -0.320. The molecule has 0 aliphatic heterocycles. The Morgan fingerprint density at radius 1 is 1.78 bits per heavy atom. The third kappa shape index (κ3) is 2.64. The summed E-state index contributed by atoms with van der Waals surface area (Å²) in [6.45, 7) is 0.358. The van der Waals surface area contributed by atoms with Crippen molar-refractivity contribution in [3.8, 4) is 0 Å². The van der Waals surface area contributed by atoms with Crippen molar-refractivity contribution in [1.82, 2.24) is 0 Å². The molecule has 1 atom stereocenters. The first-order valence-electron chi connectivity index (χ1n) is 2.51. The van der Waals surface area contributed by atoms with Crippen LogP contribution in [-0.2, 0) is 0 Å². The molecule has 1 unspecified atom stereocenters. The summed E-state index contributed by atoms with van der Waals surface area (Å²) in [6, 6.07) is -0.573. The summed E-state index contributed by atoms with van der Waals surface area (Å²) in [6.07, 6.45) is 0. The third-order valence-electron chi connectivity index (χ3n) is 1.05. The second-order valence-corrected chi connectivity index (χ2v) is 2.40. The fourth-order valence-corrected chi connectivity index (χ4v) is 0.637. The molecule has 9 heavy (non-hydrogen) atoms. The maximum absolute atomic E-state index is 10.4. The first-order chi connectivity index (χ1) is 4.00. The molecule has 0 radical (unpaired) electrons. The van der Waals surface area contributed by atoms with Gasteiger partial charge >= 0.3 is 6.03 Å². The normalized spacial score (nSPS) is 16.8. The zero-order chi connectivity index (χ0) is 7.49. The van der Waals surface area contributed by atoms with Gasteiger partial charge in [-0.2, -0.15) is 10.4 Å². The molecule has 0 rings (SSSR count). The lowest BCUT2D eigenvalue weighted by Crippen LogP contribution is -2.59. The van der Waals surface area contributed by atoms with E-state index in [4.69, 9.17) is 23.2 Å². The summed E-state index contributed by atoms with van der Waals surface area (Å²) in [5, 5.41) is 0. The minimum atomic E-state index is -0.573. The van der Waals surface area contributed by atoms with Gasteiger partial charge in [0.2, 0.25) is 0 Å². The maximum Gasteiger partial charge on any atom is 0.432 e. The highest BCUT2D eigenvalue weighted by Crippen LogP contribution is 1.91. The number of halogens is 1. The van der Waals surface area contributed by atoms with Crippen LogP contribution in [0.25, 0.3) is 0 Å². The van der Waals surface area contributed by atoms with Crippen LogP contribution in [0.5, 0.6) is 0 Å². The van der Waals surface area contributed by atoms with Crippen molar-refractivity contribution in [3.05, 3.63) is 0 Å². The summed E-state index contributed by atoms with van der Waals surface area (Å²) in [5.74, 6) is 5.68. The second-order valence-electron chi connectivity index (χ2n) is 2.02. The molecule has 0 aromatic heterocycles. The van der Waals surface area contributed by atoms with Crippen LogP contribution in [0.15, 0.2) is 0 Å². The average molecular weight is 153 g/mol. The molecule has 0 aliphatic carbocycles. The molecule has 2 amide bonds. The van der Waals surface area contributed by atoms with Gasteiger partial charge in [0.05, 0.1) is 12.9 Å². The first kappa shape index (κ1) is 8.68. The number of urea groups is 1. The zero-order valence-electron chi connectivity index (χ0n) is 5.30. The zero-order valence-corrected chi connectivity index (χ0v) is 6.06. The van der Waals surface area contributed by atoms with Crippen LogP contribution in [0.3, 0.4) is 0 Å². The monoisotopic (exact) mass is 152 g/mol. The molecule has 0 fully saturated rings. The molecule has 54 valence electrons. The van der Waals surface area contributed by atoms with Gasteiger partial charge in [0.25, 0.3) is 0 Å². The summed E-state index contributed by atoms with van der Waals surface area (Å²) < 4.78 is -0.344. The number of primary amides is 1. The molecule has 5 heteroatoms. The Balaban J connectivity index is 3.85. The van der Waals surface area contributed by atoms with Crippen molar-refractivity contribution < 1.29 is 9.39 Å². The lowest BCUT2D eigenvalue weighted by atomic mass is 10.6. The first-order valence-corrected chi connectivity index (χ1v) is 3.04. The van der Waals surface area contributed by atoms with Crippen LogP contribution in [0.2, 0.25) is 0 Å². The number of rotatable bonds is 2. The molecule has 0 saturated carbocycles. The number of carbonyl (C=O) groups is 1. The highest BCUT2D eigenvalue weighted by Gasteiger charge is 2.22. The van der Waals surface area contributed by atoms with E-state index in [0.29, 0.717) is 12.4 Å². The average Bonchev–Trinajstić information content (AvgIpc) is 1.65. The topological polar surface area (TPSA) is 69.1 Å². The summed E-state index contributed by atoms with van der Waals surface area (Å²) in [4.78, 5) is 10.4. The maximum atomic E-state index is 10.4. The van der Waals surface area contributed by atoms with Crippen molar-refractivity contribution in [1.29, 1.82) is 0 Å². The van der Waals surface area contributed by atoms with Crippen LogP contribution in [-0.4, -0.2) is 30.1 Å². The molecule has 0 heterocycles. The number of nitrogens with zero attached hydrogens (tertiary/aromatic N) is 1. The number of quaternary nitrogens is 1. The van der Waals surface area contributed by atoms with Gasteiger partial charge in [-0.3, -0.25) is 0 Å². The predicted octanol–water partition coefficient (Wildman–Crippen LogP) is -0.376. The molecule has 0 aliphatic rings. The van der Waals surface area contributed by atoms with Gasteiger partial charge < -0.3 is 5.73 Å². The van der Waals surface area contributed by atoms with E-state index in [-0.39, 0.29) is 4.59 Å². The van der Waals surface area contributed by atoms with Crippen molar-refractivity contribution in [2.24, 2.45) is 11.6 Å². The van der Waals surface area contributed by atoms with Crippen molar-refractivity contribution in [2.75, 3.05) is 19.5 Å². The molecular formula is C4H11ClN3O+. The van der Waals surface area contributed by atoms with E-state index in [1.165, 1.54) is 7.05 Å². The van der Waals surface area contributed by atoms with E-state index in [1.807, 2.05) is 0 Å². The van der Waals surface area contributed by atoms with Gasteiger partial charge in [-0.25, -0.2) is 4.79 Å². The van der Waals surface area contributed by atoms with Crippen molar-refractivity contribution in [3.63, 3.8) is 0 Å². The minimum Gasteiger partial charge on any atom is -0.317 e. The minimum absolute atomic E-state index is 0.329. The van der Waals surface area contributed by atoms with E-state index in [1.54, 1.807) is 0 Å². The van der Waals surface area contributed by atoms with Gasteiger partial charge in [-0.15, -0.1) is 11.6 Å². The fraction of sp³-hybridized carbons (Fsp3) is 0.750. The van der Waals surface area contributed by atoms with E-state index in [9.17, 15) is 4.79 Å². The molecule has 0 bridgehead atoms. The quantitative estimate of drug-likeness (QED) is 0.186. The van der Waals surface area contributed by atoms with E-state index in [0.717, 1.165) is 0 Å². The van der Waals surface area contributed by atoms with Gasteiger partial charge in [-0.1, -0.05) is 0 Å². The Bertz CT molecular complexity index is 114. The fourth-order valence-electron chi connectivity index (χ4n) is 0.286. The largest absolute Gasteiger partial charge is 0.432 e. The lowest BCUT2D eigenvalue weighted by molar-refractivity contribution is -0.838. The SMILES string of the molecule is C[N+](N)(CCCl)C(N)=O. The van der Waals surface area contributed by atoms with Gasteiger partial charge in [-0.05, 0) is 0 Å². The van der Waals surface area contributed by atoms with Crippen LogP contribution < -0.4 is 11.6 Å². The Morgan fingerprint density at radius 3 is 2.33 bits per heavy atom. The van der Waals surface area contributed by atoms with Crippen LogP contribution >= 0.6 is 11.6 Å². The number of nitrogens with two attached hydrogens (primary N) is 2. The molecule has 0 aromatic rings. The standard InChI is InChI=1S/C4H10ClN3O/c1-8(7,3-2-5)4(6)9/h2-3,7H2,1H3,(H-,6,9)/p+1. The highest BCUT2D eigenvalue weighted by molar-refractivity contribution is 6.18. The number of hydrogen-bond donors (Lipinski definition) is 2.